The van der Waals surface area contributed by atoms with E-state index in [0.29, 0.717) is 0 Å². The van der Waals surface area contributed by atoms with E-state index in [0.717, 1.165) is 19.6 Å². The van der Waals surface area contributed by atoms with Crippen molar-refractivity contribution < 1.29 is 5.11 Å². The largest absolute Gasteiger partial charge is 0.395 e. The predicted molar refractivity (Wildman–Crippen MR) is 70.9 cm³/mol. The number of thiophene rings is 1. The first-order valence-corrected chi connectivity index (χ1v) is 6.96. The summed E-state index contributed by atoms with van der Waals surface area (Å²) in [6, 6.07) is 4.37. The van der Waals surface area contributed by atoms with E-state index in [1.54, 1.807) is 0 Å². The van der Waals surface area contributed by atoms with Crippen LogP contribution in [0.3, 0.4) is 0 Å². The Hall–Kier alpha value is -0.380. The second-order valence-corrected chi connectivity index (χ2v) is 5.59. The van der Waals surface area contributed by atoms with Crippen LogP contribution < -0.4 is 0 Å². The third-order valence-electron chi connectivity index (χ3n) is 2.67. The third-order valence-corrected chi connectivity index (χ3v) is 3.66. The molecule has 0 bridgehead atoms. The maximum atomic E-state index is 9.04. The Labute approximate surface area is 103 Å². The van der Waals surface area contributed by atoms with E-state index < -0.39 is 0 Å². The Morgan fingerprint density at radius 3 is 2.62 bits per heavy atom. The minimum absolute atomic E-state index is 0.260. The summed E-state index contributed by atoms with van der Waals surface area (Å²) in [5.74, 6) is 0. The van der Waals surface area contributed by atoms with Gasteiger partial charge in [-0.15, -0.1) is 11.3 Å². The Morgan fingerprint density at radius 2 is 2.06 bits per heavy atom. The van der Waals surface area contributed by atoms with Gasteiger partial charge in [0, 0.05) is 22.8 Å². The van der Waals surface area contributed by atoms with Crippen LogP contribution in [0.2, 0.25) is 0 Å². The summed E-state index contributed by atoms with van der Waals surface area (Å²) >= 11 is 1.86. The van der Waals surface area contributed by atoms with Gasteiger partial charge in [0.25, 0.3) is 0 Å². The van der Waals surface area contributed by atoms with Crippen LogP contribution in [-0.2, 0) is 6.54 Å². The number of unbranched alkanes of at least 4 members (excludes halogenated alkanes) is 2. The third kappa shape index (κ3) is 5.10. The van der Waals surface area contributed by atoms with Crippen LogP contribution in [0.1, 0.15) is 35.9 Å². The minimum Gasteiger partial charge on any atom is -0.395 e. The molecule has 0 fully saturated rings. The zero-order chi connectivity index (χ0) is 11.8. The van der Waals surface area contributed by atoms with E-state index in [1.807, 2.05) is 11.3 Å². The standard InChI is InChI=1S/C13H23NOS/c1-3-4-5-8-14(9-10-15)11-13-7-6-12(2)16-13/h6-7,15H,3-5,8-11H2,1-2H3. The van der Waals surface area contributed by atoms with Gasteiger partial charge in [0.15, 0.2) is 0 Å². The molecule has 92 valence electrons. The minimum atomic E-state index is 0.260. The van der Waals surface area contributed by atoms with Crippen LogP contribution in [-0.4, -0.2) is 29.7 Å². The number of hydrogen-bond donors (Lipinski definition) is 1. The summed E-state index contributed by atoms with van der Waals surface area (Å²) in [4.78, 5) is 5.12. The maximum absolute atomic E-state index is 9.04. The molecule has 0 radical (unpaired) electrons. The molecule has 1 N–H and O–H groups in total. The monoisotopic (exact) mass is 241 g/mol. The first kappa shape index (κ1) is 13.7. The van der Waals surface area contributed by atoms with Gasteiger partial charge in [0.2, 0.25) is 0 Å². The summed E-state index contributed by atoms with van der Waals surface area (Å²) in [7, 11) is 0. The highest BCUT2D eigenvalue weighted by Crippen LogP contribution is 2.17. The van der Waals surface area contributed by atoms with Crippen LogP contribution in [0.15, 0.2) is 12.1 Å². The molecule has 0 aliphatic rings. The van der Waals surface area contributed by atoms with Gasteiger partial charge < -0.3 is 5.11 Å². The van der Waals surface area contributed by atoms with E-state index in [9.17, 15) is 0 Å². The van der Waals surface area contributed by atoms with E-state index in [-0.39, 0.29) is 6.61 Å². The Balaban J connectivity index is 2.37. The summed E-state index contributed by atoms with van der Waals surface area (Å²) < 4.78 is 0. The molecule has 16 heavy (non-hydrogen) atoms. The molecular formula is C13H23NOS. The van der Waals surface area contributed by atoms with Gasteiger partial charge in [-0.25, -0.2) is 0 Å². The SMILES string of the molecule is CCCCCN(CCO)Cc1ccc(C)s1. The van der Waals surface area contributed by atoms with E-state index in [4.69, 9.17) is 5.11 Å². The van der Waals surface area contributed by atoms with Crippen LogP contribution >= 0.6 is 11.3 Å². The zero-order valence-electron chi connectivity index (χ0n) is 10.4. The van der Waals surface area contributed by atoms with Crippen molar-refractivity contribution >= 4 is 11.3 Å². The van der Waals surface area contributed by atoms with Gasteiger partial charge >= 0.3 is 0 Å². The van der Waals surface area contributed by atoms with Gasteiger partial charge in [-0.3, -0.25) is 4.90 Å². The number of aryl methyl sites for hydroxylation is 1. The predicted octanol–water partition coefficient (Wildman–Crippen LogP) is 3.04. The highest BCUT2D eigenvalue weighted by atomic mass is 32.1. The highest BCUT2D eigenvalue weighted by Gasteiger charge is 2.06. The number of aliphatic hydroxyl groups excluding tert-OH is 1. The zero-order valence-corrected chi connectivity index (χ0v) is 11.2. The van der Waals surface area contributed by atoms with Crippen molar-refractivity contribution in [2.45, 2.75) is 39.7 Å². The Kier molecular flexibility index (Phi) is 6.69. The summed E-state index contributed by atoms with van der Waals surface area (Å²) in [6.07, 6.45) is 3.78. The molecule has 0 saturated carbocycles. The molecule has 1 aromatic rings. The molecule has 0 aliphatic carbocycles. The number of hydrogen-bond acceptors (Lipinski definition) is 3. The molecular weight excluding hydrogens is 218 g/mol. The molecule has 0 atom stereocenters. The Morgan fingerprint density at radius 1 is 1.25 bits per heavy atom. The van der Waals surface area contributed by atoms with Crippen LogP contribution in [0.4, 0.5) is 0 Å². The first-order valence-electron chi connectivity index (χ1n) is 6.14. The van der Waals surface area contributed by atoms with Crippen molar-refractivity contribution in [3.05, 3.63) is 21.9 Å². The molecule has 0 unspecified atom stereocenters. The molecule has 0 aromatic carbocycles. The van der Waals surface area contributed by atoms with Gasteiger partial charge in [0.1, 0.15) is 0 Å². The van der Waals surface area contributed by atoms with Crippen molar-refractivity contribution in [3.8, 4) is 0 Å². The smallest absolute Gasteiger partial charge is 0.0558 e. The van der Waals surface area contributed by atoms with E-state index in [1.165, 1.54) is 29.0 Å². The topological polar surface area (TPSA) is 23.5 Å². The lowest BCUT2D eigenvalue weighted by atomic mass is 10.2. The quantitative estimate of drug-likeness (QED) is 0.707. The number of rotatable bonds is 8. The molecule has 2 nitrogen and oxygen atoms in total. The fourth-order valence-electron chi connectivity index (χ4n) is 1.79. The van der Waals surface area contributed by atoms with Crippen molar-refractivity contribution in [1.82, 2.24) is 4.90 Å². The lowest BCUT2D eigenvalue weighted by Crippen LogP contribution is -2.27. The molecule has 0 saturated heterocycles. The molecule has 1 aromatic heterocycles. The van der Waals surface area contributed by atoms with Gasteiger partial charge in [0.05, 0.1) is 6.61 Å². The van der Waals surface area contributed by atoms with Crippen molar-refractivity contribution in [1.29, 1.82) is 0 Å². The maximum Gasteiger partial charge on any atom is 0.0558 e. The fraction of sp³-hybridized carbons (Fsp3) is 0.692. The Bertz CT molecular complexity index is 285. The lowest BCUT2D eigenvalue weighted by Gasteiger charge is -2.20. The molecule has 3 heteroatoms. The molecule has 1 rings (SSSR count). The van der Waals surface area contributed by atoms with Crippen LogP contribution in [0, 0.1) is 6.92 Å². The lowest BCUT2D eigenvalue weighted by molar-refractivity contribution is 0.189. The van der Waals surface area contributed by atoms with E-state index >= 15 is 0 Å². The van der Waals surface area contributed by atoms with E-state index in [2.05, 4.69) is 30.9 Å². The number of nitrogens with zero attached hydrogens (tertiary/aromatic N) is 1. The summed E-state index contributed by atoms with van der Waals surface area (Å²) in [5.41, 5.74) is 0. The normalized spacial score (nSPS) is 11.2. The molecule has 1 heterocycles. The summed E-state index contributed by atoms with van der Waals surface area (Å²) in [6.45, 7) is 7.51. The molecule has 0 spiro atoms. The average molecular weight is 241 g/mol. The molecule has 0 amide bonds. The summed E-state index contributed by atoms with van der Waals surface area (Å²) in [5, 5.41) is 9.04. The van der Waals surface area contributed by atoms with Crippen LogP contribution in [0.5, 0.6) is 0 Å². The first-order chi connectivity index (χ1) is 7.76. The van der Waals surface area contributed by atoms with Crippen molar-refractivity contribution in [2.24, 2.45) is 0 Å². The highest BCUT2D eigenvalue weighted by molar-refractivity contribution is 7.11. The van der Waals surface area contributed by atoms with Crippen molar-refractivity contribution in [2.75, 3.05) is 19.7 Å². The number of aliphatic hydroxyl groups is 1. The van der Waals surface area contributed by atoms with Gasteiger partial charge in [-0.05, 0) is 32.0 Å². The van der Waals surface area contributed by atoms with Gasteiger partial charge in [-0.1, -0.05) is 19.8 Å². The van der Waals surface area contributed by atoms with Crippen molar-refractivity contribution in [3.63, 3.8) is 0 Å². The fourth-order valence-corrected chi connectivity index (χ4v) is 2.72. The second-order valence-electron chi connectivity index (χ2n) is 4.22. The second kappa shape index (κ2) is 7.82. The van der Waals surface area contributed by atoms with Gasteiger partial charge in [-0.2, -0.15) is 0 Å². The van der Waals surface area contributed by atoms with Crippen LogP contribution in [0.25, 0.3) is 0 Å². The average Bonchev–Trinajstić information content (AvgIpc) is 2.65. The molecule has 0 aliphatic heterocycles.